The van der Waals surface area contributed by atoms with Crippen molar-refractivity contribution < 1.29 is 17.9 Å². The highest BCUT2D eigenvalue weighted by Gasteiger charge is 2.22. The van der Waals surface area contributed by atoms with Gasteiger partial charge in [0.25, 0.3) is 9.05 Å². The molecule has 0 fully saturated rings. The number of methoxy groups -OCH3 is 1. The molecule has 1 heterocycles. The Hall–Kier alpha value is -0.940. The summed E-state index contributed by atoms with van der Waals surface area (Å²) in [7, 11) is 3.00. The molecule has 6 heteroatoms. The molecule has 0 spiro atoms. The average molecular weight is 249 g/mol. The zero-order valence-electron chi connectivity index (χ0n) is 7.99. The van der Waals surface area contributed by atoms with E-state index in [9.17, 15) is 8.42 Å². The smallest absolute Gasteiger partial charge is 0.261 e. The third kappa shape index (κ3) is 1.89. The largest absolute Gasteiger partial charge is 0.493 e. The summed E-state index contributed by atoms with van der Waals surface area (Å²) in [6.45, 7) is 0.539. The molecule has 0 atom stereocenters. The fourth-order valence-corrected chi connectivity index (χ4v) is 2.33. The van der Waals surface area contributed by atoms with Crippen LogP contribution in [0.3, 0.4) is 0 Å². The highest BCUT2D eigenvalue weighted by molar-refractivity contribution is 8.13. The first-order chi connectivity index (χ1) is 7.02. The van der Waals surface area contributed by atoms with E-state index in [-0.39, 0.29) is 4.90 Å². The molecule has 0 amide bonds. The van der Waals surface area contributed by atoms with Gasteiger partial charge in [0, 0.05) is 28.7 Å². The second-order valence-electron chi connectivity index (χ2n) is 3.15. The van der Waals surface area contributed by atoms with Gasteiger partial charge in [-0.2, -0.15) is 0 Å². The van der Waals surface area contributed by atoms with Gasteiger partial charge in [0.1, 0.15) is 0 Å². The van der Waals surface area contributed by atoms with E-state index in [1.54, 1.807) is 0 Å². The first-order valence-corrected chi connectivity index (χ1v) is 6.61. The number of ether oxygens (including phenoxy) is 2. The van der Waals surface area contributed by atoms with Gasteiger partial charge in [0.2, 0.25) is 0 Å². The van der Waals surface area contributed by atoms with Gasteiger partial charge < -0.3 is 9.47 Å². The van der Waals surface area contributed by atoms with Crippen molar-refractivity contribution in [3.63, 3.8) is 0 Å². The lowest BCUT2D eigenvalue weighted by molar-refractivity contribution is 0.325. The number of halogens is 1. The highest BCUT2D eigenvalue weighted by Crippen LogP contribution is 2.38. The van der Waals surface area contributed by atoms with Crippen LogP contribution in [-0.4, -0.2) is 22.1 Å². The molecular formula is C9H9ClO4S. The van der Waals surface area contributed by atoms with Gasteiger partial charge in [-0.25, -0.2) is 8.42 Å². The lowest BCUT2D eigenvalue weighted by Crippen LogP contribution is -1.95. The quantitative estimate of drug-likeness (QED) is 0.746. The van der Waals surface area contributed by atoms with Crippen LogP contribution in [0.25, 0.3) is 0 Å². The monoisotopic (exact) mass is 248 g/mol. The van der Waals surface area contributed by atoms with Crippen LogP contribution in [0, 0.1) is 0 Å². The minimum absolute atomic E-state index is 0.0465. The zero-order chi connectivity index (χ0) is 11.1. The van der Waals surface area contributed by atoms with Gasteiger partial charge in [-0.15, -0.1) is 0 Å². The van der Waals surface area contributed by atoms with Gasteiger partial charge in [-0.3, -0.25) is 0 Å². The van der Waals surface area contributed by atoms with Crippen LogP contribution >= 0.6 is 10.7 Å². The first kappa shape index (κ1) is 10.6. The van der Waals surface area contributed by atoms with Crippen LogP contribution in [0.2, 0.25) is 0 Å². The SMILES string of the molecule is COc1cc(S(=O)(=O)Cl)cc2c1OCC2. The minimum Gasteiger partial charge on any atom is -0.493 e. The van der Waals surface area contributed by atoms with Gasteiger partial charge in [0.05, 0.1) is 18.6 Å². The predicted molar refractivity (Wildman–Crippen MR) is 55.2 cm³/mol. The lowest BCUT2D eigenvalue weighted by Gasteiger charge is -2.07. The fraction of sp³-hybridized carbons (Fsp3) is 0.333. The summed E-state index contributed by atoms with van der Waals surface area (Å²) >= 11 is 0. The molecule has 0 bridgehead atoms. The molecule has 0 unspecified atom stereocenters. The van der Waals surface area contributed by atoms with Crippen molar-refractivity contribution >= 4 is 19.7 Å². The van der Waals surface area contributed by atoms with E-state index in [2.05, 4.69) is 0 Å². The molecule has 4 nitrogen and oxygen atoms in total. The molecule has 1 aliphatic heterocycles. The Morgan fingerprint density at radius 1 is 1.47 bits per heavy atom. The van der Waals surface area contributed by atoms with E-state index in [0.29, 0.717) is 24.5 Å². The summed E-state index contributed by atoms with van der Waals surface area (Å²) in [4.78, 5) is 0.0465. The molecule has 82 valence electrons. The minimum atomic E-state index is -3.72. The number of fused-ring (bicyclic) bond motifs is 1. The van der Waals surface area contributed by atoms with Crippen molar-refractivity contribution in [1.82, 2.24) is 0 Å². The average Bonchev–Trinajstić information content (AvgIpc) is 2.62. The summed E-state index contributed by atoms with van der Waals surface area (Å²) < 4.78 is 32.7. The summed E-state index contributed by atoms with van der Waals surface area (Å²) in [5.74, 6) is 1.02. The molecule has 2 rings (SSSR count). The fourth-order valence-electron chi connectivity index (χ4n) is 1.54. The zero-order valence-corrected chi connectivity index (χ0v) is 9.56. The van der Waals surface area contributed by atoms with E-state index in [1.807, 2.05) is 0 Å². The van der Waals surface area contributed by atoms with Gasteiger partial charge in [-0.05, 0) is 6.07 Å². The Kier molecular flexibility index (Phi) is 2.52. The van der Waals surface area contributed by atoms with Crippen molar-refractivity contribution in [1.29, 1.82) is 0 Å². The number of benzene rings is 1. The topological polar surface area (TPSA) is 52.6 Å². The maximum Gasteiger partial charge on any atom is 0.261 e. The first-order valence-electron chi connectivity index (χ1n) is 4.31. The summed E-state index contributed by atoms with van der Waals surface area (Å²) in [5.41, 5.74) is 0.813. The van der Waals surface area contributed by atoms with Gasteiger partial charge in [-0.1, -0.05) is 0 Å². The molecule has 15 heavy (non-hydrogen) atoms. The van der Waals surface area contributed by atoms with Crippen molar-refractivity contribution in [2.75, 3.05) is 13.7 Å². The van der Waals surface area contributed by atoms with Crippen LogP contribution in [0.5, 0.6) is 11.5 Å². The van der Waals surface area contributed by atoms with Crippen molar-refractivity contribution in [2.24, 2.45) is 0 Å². The number of rotatable bonds is 2. The van der Waals surface area contributed by atoms with E-state index >= 15 is 0 Å². The highest BCUT2D eigenvalue weighted by atomic mass is 35.7. The van der Waals surface area contributed by atoms with E-state index in [4.69, 9.17) is 20.2 Å². The Balaban J connectivity index is 2.63. The summed E-state index contributed by atoms with van der Waals surface area (Å²) in [5, 5.41) is 0. The van der Waals surface area contributed by atoms with Crippen molar-refractivity contribution in [3.8, 4) is 11.5 Å². The lowest BCUT2D eigenvalue weighted by atomic mass is 10.1. The molecule has 1 aliphatic rings. The Morgan fingerprint density at radius 3 is 2.80 bits per heavy atom. The van der Waals surface area contributed by atoms with Crippen LogP contribution < -0.4 is 9.47 Å². The van der Waals surface area contributed by atoms with Crippen LogP contribution in [0.15, 0.2) is 17.0 Å². The number of hydrogen-bond donors (Lipinski definition) is 0. The Morgan fingerprint density at radius 2 is 2.20 bits per heavy atom. The summed E-state index contributed by atoms with van der Waals surface area (Å²) in [6, 6.07) is 2.89. The Labute approximate surface area is 92.2 Å². The van der Waals surface area contributed by atoms with Crippen LogP contribution in [0.1, 0.15) is 5.56 Å². The molecule has 0 aliphatic carbocycles. The third-order valence-electron chi connectivity index (χ3n) is 2.22. The second-order valence-corrected chi connectivity index (χ2v) is 5.72. The molecule has 1 aromatic carbocycles. The van der Waals surface area contributed by atoms with Gasteiger partial charge >= 0.3 is 0 Å². The normalized spacial score (nSPS) is 14.5. The van der Waals surface area contributed by atoms with Crippen molar-refractivity contribution in [3.05, 3.63) is 17.7 Å². The van der Waals surface area contributed by atoms with Crippen LogP contribution in [-0.2, 0) is 15.5 Å². The van der Waals surface area contributed by atoms with E-state index in [0.717, 1.165) is 5.56 Å². The molecule has 0 saturated carbocycles. The third-order valence-corrected chi connectivity index (χ3v) is 3.56. The van der Waals surface area contributed by atoms with Gasteiger partial charge in [0.15, 0.2) is 11.5 Å². The predicted octanol–water partition coefficient (Wildman–Crippen LogP) is 1.56. The van der Waals surface area contributed by atoms with Crippen LogP contribution in [0.4, 0.5) is 0 Å². The number of hydrogen-bond acceptors (Lipinski definition) is 4. The molecule has 0 radical (unpaired) electrons. The maximum absolute atomic E-state index is 11.2. The maximum atomic E-state index is 11.2. The van der Waals surface area contributed by atoms with E-state index in [1.165, 1.54) is 19.2 Å². The summed E-state index contributed by atoms with van der Waals surface area (Å²) in [6.07, 6.45) is 0.673. The Bertz CT molecular complexity index is 495. The van der Waals surface area contributed by atoms with E-state index < -0.39 is 9.05 Å². The molecule has 0 aromatic heterocycles. The standard InChI is InChI=1S/C9H9ClO4S/c1-13-8-5-7(15(10,11)12)4-6-2-3-14-9(6)8/h4-5H,2-3H2,1H3. The molecule has 0 N–H and O–H groups in total. The molecule has 1 aromatic rings. The van der Waals surface area contributed by atoms with Crippen molar-refractivity contribution in [2.45, 2.75) is 11.3 Å². The molecular weight excluding hydrogens is 240 g/mol. The second kappa shape index (κ2) is 3.57. The molecule has 0 saturated heterocycles.